The standard InChI is InChI=1S/C19H25N5O4/c1-26-15-10-12-13(11-16(15)27-2)21-19(22-17(12)20)24-7-5-23(6-8-24)18(25)14-4-3-9-28-14/h10-11,14H,3-9H2,1-2H3,(H2,20,21,22)/i5D2,6D2,7D2,8D2. The van der Waals surface area contributed by atoms with Crippen molar-refractivity contribution in [2.45, 2.75) is 18.9 Å². The number of ether oxygens (including phenoxy) is 3. The lowest BCUT2D eigenvalue weighted by Crippen LogP contribution is -2.51. The summed E-state index contributed by atoms with van der Waals surface area (Å²) in [7, 11) is 2.78. The Bertz CT molecular complexity index is 1180. The summed E-state index contributed by atoms with van der Waals surface area (Å²) in [5.41, 5.74) is 6.15. The summed E-state index contributed by atoms with van der Waals surface area (Å²) < 4.78 is 84.0. The van der Waals surface area contributed by atoms with Crippen LogP contribution in [0.5, 0.6) is 11.5 Å². The summed E-state index contributed by atoms with van der Waals surface area (Å²) in [6.45, 7) is -13.3. The molecule has 0 spiro atoms. The summed E-state index contributed by atoms with van der Waals surface area (Å²) in [5, 5.41) is 0.260. The second-order valence-corrected chi connectivity index (χ2v) is 6.09. The van der Waals surface area contributed by atoms with E-state index < -0.39 is 43.9 Å². The Balaban J connectivity index is 1.91. The maximum Gasteiger partial charge on any atom is 0.251 e. The van der Waals surface area contributed by atoms with Gasteiger partial charge in [-0.1, -0.05) is 0 Å². The first-order valence-corrected chi connectivity index (χ1v) is 8.58. The van der Waals surface area contributed by atoms with Crippen LogP contribution in [0.3, 0.4) is 0 Å². The summed E-state index contributed by atoms with van der Waals surface area (Å²) in [6, 6.07) is 2.86. The molecule has 9 heteroatoms. The second-order valence-electron chi connectivity index (χ2n) is 6.09. The van der Waals surface area contributed by atoms with Crippen LogP contribution in [-0.2, 0) is 9.53 Å². The molecule has 0 saturated carbocycles. The average molecular weight is 395 g/mol. The van der Waals surface area contributed by atoms with E-state index in [4.69, 9.17) is 30.9 Å². The van der Waals surface area contributed by atoms with E-state index in [9.17, 15) is 4.79 Å². The van der Waals surface area contributed by atoms with Gasteiger partial charge in [-0.05, 0) is 18.9 Å². The number of amides is 1. The van der Waals surface area contributed by atoms with E-state index in [1.165, 1.54) is 26.4 Å². The Morgan fingerprint density at radius 3 is 2.57 bits per heavy atom. The van der Waals surface area contributed by atoms with Gasteiger partial charge in [-0.25, -0.2) is 4.98 Å². The quantitative estimate of drug-likeness (QED) is 0.820. The van der Waals surface area contributed by atoms with Crippen molar-refractivity contribution >= 4 is 28.6 Å². The van der Waals surface area contributed by atoms with Gasteiger partial charge in [0.05, 0.1) is 30.7 Å². The summed E-state index contributed by atoms with van der Waals surface area (Å²) in [5.74, 6) is -1.60. The zero-order valence-electron chi connectivity index (χ0n) is 23.4. The molecule has 4 rings (SSSR count). The first kappa shape index (κ1) is 11.3. The van der Waals surface area contributed by atoms with Crippen molar-refractivity contribution in [2.24, 2.45) is 0 Å². The van der Waals surface area contributed by atoms with E-state index in [0.717, 1.165) is 0 Å². The molecule has 1 aromatic carbocycles. The minimum absolute atomic E-state index is 0.0369. The van der Waals surface area contributed by atoms with Crippen LogP contribution in [0.15, 0.2) is 12.1 Å². The maximum absolute atomic E-state index is 13.1. The van der Waals surface area contributed by atoms with Crippen molar-refractivity contribution < 1.29 is 30.0 Å². The van der Waals surface area contributed by atoms with E-state index in [-0.39, 0.29) is 45.3 Å². The number of hydrogen-bond acceptors (Lipinski definition) is 8. The van der Waals surface area contributed by atoms with Crippen LogP contribution >= 0.6 is 0 Å². The number of nitrogens with two attached hydrogens (primary N) is 1. The third-order valence-electron chi connectivity index (χ3n) is 4.39. The van der Waals surface area contributed by atoms with Gasteiger partial charge in [-0.3, -0.25) is 4.79 Å². The highest BCUT2D eigenvalue weighted by Crippen LogP contribution is 2.34. The lowest BCUT2D eigenvalue weighted by molar-refractivity contribution is -0.141. The fourth-order valence-electron chi connectivity index (χ4n) is 2.95. The SMILES string of the molecule is [2H]C1([2H])N(C(=O)C2CCCO2)C([2H])([2H])C([2H])([2H])N(c2nc(N)c3cc(OC)c(OC)cc3n2)C1([2H])[2H]. The number of carbonyl (C=O) groups excluding carboxylic acids is 1. The Hall–Kier alpha value is -2.81. The molecule has 2 fully saturated rings. The fourth-order valence-corrected chi connectivity index (χ4v) is 2.95. The highest BCUT2D eigenvalue weighted by atomic mass is 16.5. The van der Waals surface area contributed by atoms with Crippen LogP contribution < -0.4 is 20.1 Å². The number of benzene rings is 1. The minimum atomic E-state index is -3.38. The van der Waals surface area contributed by atoms with E-state index in [2.05, 4.69) is 9.97 Å². The molecule has 2 N–H and O–H groups in total. The van der Waals surface area contributed by atoms with Crippen molar-refractivity contribution in [3.8, 4) is 11.5 Å². The molecule has 1 atom stereocenters. The molecule has 3 heterocycles. The van der Waals surface area contributed by atoms with E-state index >= 15 is 0 Å². The molecule has 1 aromatic heterocycles. The van der Waals surface area contributed by atoms with Gasteiger partial charge in [0.15, 0.2) is 11.5 Å². The summed E-state index contributed by atoms with van der Waals surface area (Å²) in [6.07, 6.45) is -0.573. The molecule has 2 aliphatic heterocycles. The van der Waals surface area contributed by atoms with Crippen LogP contribution in [0, 0.1) is 0 Å². The van der Waals surface area contributed by atoms with Crippen molar-refractivity contribution in [2.75, 3.05) is 57.4 Å². The molecule has 2 saturated heterocycles. The fraction of sp³-hybridized carbons (Fsp3) is 0.526. The van der Waals surface area contributed by atoms with Crippen molar-refractivity contribution in [3.05, 3.63) is 12.1 Å². The smallest absolute Gasteiger partial charge is 0.251 e. The normalized spacial score (nSPS) is 31.3. The zero-order chi connectivity index (χ0) is 26.8. The third-order valence-corrected chi connectivity index (χ3v) is 4.39. The maximum atomic E-state index is 13.1. The Kier molecular flexibility index (Phi) is 3.08. The van der Waals surface area contributed by atoms with Crippen LogP contribution in [0.2, 0.25) is 0 Å². The first-order chi connectivity index (χ1) is 16.6. The number of piperazine rings is 1. The Morgan fingerprint density at radius 2 is 1.93 bits per heavy atom. The largest absolute Gasteiger partial charge is 0.493 e. The first-order valence-electron chi connectivity index (χ1n) is 12.6. The molecule has 9 nitrogen and oxygen atoms in total. The molecular weight excluding hydrogens is 362 g/mol. The van der Waals surface area contributed by atoms with Gasteiger partial charge in [0.25, 0.3) is 5.91 Å². The molecule has 1 amide bonds. The lowest BCUT2D eigenvalue weighted by Gasteiger charge is -2.35. The molecule has 2 aliphatic rings. The van der Waals surface area contributed by atoms with Crippen LogP contribution in [0.4, 0.5) is 11.8 Å². The second kappa shape index (κ2) is 7.67. The van der Waals surface area contributed by atoms with Gasteiger partial charge in [-0.2, -0.15) is 4.98 Å². The van der Waals surface area contributed by atoms with Crippen LogP contribution in [0.25, 0.3) is 10.9 Å². The van der Waals surface area contributed by atoms with Crippen molar-refractivity contribution in [1.82, 2.24) is 14.9 Å². The zero-order valence-corrected chi connectivity index (χ0v) is 15.4. The lowest BCUT2D eigenvalue weighted by atomic mass is 10.2. The molecule has 2 aromatic rings. The Morgan fingerprint density at radius 1 is 1.21 bits per heavy atom. The number of hydrogen-bond donors (Lipinski definition) is 1. The predicted molar refractivity (Wildman–Crippen MR) is 105 cm³/mol. The molecule has 28 heavy (non-hydrogen) atoms. The third kappa shape index (κ3) is 3.37. The van der Waals surface area contributed by atoms with E-state index in [1.54, 1.807) is 0 Å². The van der Waals surface area contributed by atoms with Crippen molar-refractivity contribution in [3.63, 3.8) is 0 Å². The monoisotopic (exact) mass is 395 g/mol. The Labute approximate surface area is 174 Å². The van der Waals surface area contributed by atoms with Gasteiger partial charge in [0.2, 0.25) is 5.95 Å². The summed E-state index contributed by atoms with van der Waals surface area (Å²) >= 11 is 0. The van der Waals surface area contributed by atoms with Gasteiger partial charge in [0.1, 0.15) is 11.9 Å². The topological polar surface area (TPSA) is 103 Å². The molecule has 0 bridgehead atoms. The highest BCUT2D eigenvalue weighted by Gasteiger charge is 2.31. The molecule has 1 unspecified atom stereocenters. The predicted octanol–water partition coefficient (Wildman–Crippen LogP) is 1.06. The molecule has 0 radical (unpaired) electrons. The molecule has 0 aliphatic carbocycles. The van der Waals surface area contributed by atoms with Gasteiger partial charge in [0, 0.05) is 44.0 Å². The average Bonchev–Trinajstić information content (AvgIpc) is 3.32. The number of nitrogens with zero attached hydrogens (tertiary/aromatic N) is 4. The van der Waals surface area contributed by atoms with Gasteiger partial charge in [-0.15, -0.1) is 0 Å². The van der Waals surface area contributed by atoms with E-state index in [1.807, 2.05) is 0 Å². The van der Waals surface area contributed by atoms with E-state index in [0.29, 0.717) is 12.2 Å². The van der Waals surface area contributed by atoms with Crippen molar-refractivity contribution in [1.29, 1.82) is 0 Å². The highest BCUT2D eigenvalue weighted by molar-refractivity contribution is 5.91. The number of aromatic nitrogens is 2. The summed E-state index contributed by atoms with van der Waals surface area (Å²) in [4.78, 5) is 21.4. The van der Waals surface area contributed by atoms with Crippen LogP contribution in [0.1, 0.15) is 23.8 Å². The van der Waals surface area contributed by atoms with Gasteiger partial charge < -0.3 is 29.7 Å². The number of methoxy groups -OCH3 is 2. The number of anilines is 2. The number of carbonyl (C=O) groups is 1. The van der Waals surface area contributed by atoms with Gasteiger partial charge >= 0.3 is 0 Å². The molecule has 150 valence electrons. The number of nitrogen functional groups attached to an aromatic ring is 1. The number of fused-ring (bicyclic) bond motifs is 1. The minimum Gasteiger partial charge on any atom is -0.493 e. The number of rotatable bonds is 4. The van der Waals surface area contributed by atoms with Crippen LogP contribution in [-0.4, -0.2) is 73.7 Å². The molecular formula is C19H25N5O4.